The van der Waals surface area contributed by atoms with E-state index in [9.17, 15) is 19.5 Å². The molecule has 0 saturated carbocycles. The lowest BCUT2D eigenvalue weighted by Gasteiger charge is -2.49. The quantitative estimate of drug-likeness (QED) is 0.238. The Morgan fingerprint density at radius 3 is 2.67 bits per heavy atom. The second-order valence-corrected chi connectivity index (χ2v) is 13.0. The number of thioether (sulfide) groups is 2. The summed E-state index contributed by atoms with van der Waals surface area (Å²) in [5.41, 5.74) is 0.552. The molecule has 0 aliphatic carbocycles. The maximum atomic E-state index is 12.9. The highest BCUT2D eigenvalue weighted by molar-refractivity contribution is 8.01. The molecule has 39 heavy (non-hydrogen) atoms. The number of rotatable bonds is 9. The van der Waals surface area contributed by atoms with E-state index >= 15 is 0 Å². The number of carbonyl (C=O) groups excluding carboxylic acids is 2. The molecule has 5 rings (SSSR count). The number of hydrogen-bond acceptors (Lipinski definition) is 10. The van der Waals surface area contributed by atoms with E-state index in [2.05, 4.69) is 15.5 Å². The van der Waals surface area contributed by atoms with Crippen LogP contribution in [0.15, 0.2) is 44.3 Å². The van der Waals surface area contributed by atoms with Crippen LogP contribution in [0.2, 0.25) is 15.1 Å². The Labute approximate surface area is 249 Å². The summed E-state index contributed by atoms with van der Waals surface area (Å²) in [7, 11) is 0. The number of hydrogen-bond donors (Lipinski definition) is 2. The Bertz CT molecular complexity index is 1490. The fourth-order valence-corrected chi connectivity index (χ4v) is 8.11. The number of nitrogens with one attached hydrogen (secondary N) is 1. The third kappa shape index (κ3) is 5.88. The Balaban J connectivity index is 1.21. The first-order chi connectivity index (χ1) is 18.6. The minimum atomic E-state index is -1.20. The zero-order valence-corrected chi connectivity index (χ0v) is 24.5. The van der Waals surface area contributed by atoms with Crippen LogP contribution in [0.3, 0.4) is 0 Å². The first-order valence-corrected chi connectivity index (χ1v) is 15.1. The molecule has 0 unspecified atom stereocenters. The summed E-state index contributed by atoms with van der Waals surface area (Å²) in [4.78, 5) is 39.0. The summed E-state index contributed by atoms with van der Waals surface area (Å²) in [6, 6.07) is 5.07. The van der Waals surface area contributed by atoms with Crippen molar-refractivity contribution in [2.24, 2.45) is 0 Å². The summed E-state index contributed by atoms with van der Waals surface area (Å²) in [6.45, 7) is 1.77. The van der Waals surface area contributed by atoms with E-state index in [1.165, 1.54) is 58.0 Å². The number of halogens is 3. The lowest BCUT2D eigenvalue weighted by molar-refractivity contribution is -0.148. The average Bonchev–Trinajstić information content (AvgIpc) is 3.53. The van der Waals surface area contributed by atoms with Crippen LogP contribution in [-0.4, -0.2) is 60.9 Å². The molecule has 2 aromatic heterocycles. The smallest absolute Gasteiger partial charge is 0.352 e. The van der Waals surface area contributed by atoms with E-state index in [1.807, 2.05) is 6.92 Å². The van der Waals surface area contributed by atoms with Gasteiger partial charge >= 0.3 is 5.97 Å². The molecule has 4 heterocycles. The van der Waals surface area contributed by atoms with Crippen molar-refractivity contribution in [3.63, 3.8) is 0 Å². The summed E-state index contributed by atoms with van der Waals surface area (Å²) in [5, 5.41) is 21.6. The van der Waals surface area contributed by atoms with Crippen LogP contribution >= 0.6 is 69.7 Å². The second kappa shape index (κ2) is 11.6. The molecule has 0 radical (unpaired) electrons. The highest BCUT2D eigenvalue weighted by Gasteiger charge is 2.54. The Hall–Kier alpha value is -2.42. The van der Waals surface area contributed by atoms with Crippen molar-refractivity contribution in [1.82, 2.24) is 20.4 Å². The largest absolute Gasteiger partial charge is 0.483 e. The molecular formula is C23H17Cl3N4O6S3. The van der Waals surface area contributed by atoms with E-state index in [1.54, 1.807) is 6.07 Å². The molecule has 0 bridgehead atoms. The van der Waals surface area contributed by atoms with Crippen LogP contribution < -0.4 is 10.1 Å². The third-order valence-electron chi connectivity index (χ3n) is 5.62. The number of amides is 2. The molecule has 2 aliphatic heterocycles. The number of fused-ring (bicyclic) bond motifs is 1. The van der Waals surface area contributed by atoms with Gasteiger partial charge in [0.25, 0.3) is 11.8 Å². The molecule has 204 valence electrons. The maximum Gasteiger partial charge on any atom is 0.352 e. The maximum absolute atomic E-state index is 12.9. The number of aromatic nitrogens is 2. The van der Waals surface area contributed by atoms with Gasteiger partial charge in [-0.2, -0.15) is 0 Å². The number of β-lactam (4-membered cyclic amide) rings is 1. The van der Waals surface area contributed by atoms with Gasteiger partial charge in [0.2, 0.25) is 0 Å². The SMILES string of the molecule is Cc1nnc(SCC2=C(C(=O)O)N3C(=O)[C@@H](NC(=O)c4ccc(COc5c(Cl)cc(Cl)cc5Cl)o4)[C@H]3SC2)s1. The minimum absolute atomic E-state index is 0.0348. The number of furan rings is 1. The van der Waals surface area contributed by atoms with Crippen LogP contribution in [-0.2, 0) is 16.2 Å². The zero-order valence-electron chi connectivity index (χ0n) is 19.8. The summed E-state index contributed by atoms with van der Waals surface area (Å²) < 4.78 is 11.9. The second-order valence-electron chi connectivity index (χ2n) is 8.25. The van der Waals surface area contributed by atoms with Gasteiger partial charge in [0.15, 0.2) is 15.8 Å². The fourth-order valence-electron chi connectivity index (χ4n) is 3.88. The van der Waals surface area contributed by atoms with Gasteiger partial charge in [-0.05, 0) is 36.8 Å². The van der Waals surface area contributed by atoms with Gasteiger partial charge in [-0.15, -0.1) is 22.0 Å². The predicted molar refractivity (Wildman–Crippen MR) is 149 cm³/mol. The monoisotopic (exact) mass is 646 g/mol. The number of carboxylic acid groups (broad SMARTS) is 1. The summed E-state index contributed by atoms with van der Waals surface area (Å²) in [5.74, 6) is -1.05. The first-order valence-electron chi connectivity index (χ1n) is 11.1. The predicted octanol–water partition coefficient (Wildman–Crippen LogP) is 5.12. The van der Waals surface area contributed by atoms with Gasteiger partial charge in [-0.3, -0.25) is 14.5 Å². The molecule has 2 aliphatic rings. The van der Waals surface area contributed by atoms with E-state index in [0.29, 0.717) is 27.9 Å². The highest BCUT2D eigenvalue weighted by atomic mass is 35.5. The third-order valence-corrected chi connectivity index (χ3v) is 9.80. The summed E-state index contributed by atoms with van der Waals surface area (Å²) >= 11 is 22.3. The molecule has 1 aromatic carbocycles. The lowest BCUT2D eigenvalue weighted by Crippen LogP contribution is -2.70. The Morgan fingerprint density at radius 1 is 1.26 bits per heavy atom. The van der Waals surface area contributed by atoms with E-state index in [4.69, 9.17) is 44.0 Å². The summed E-state index contributed by atoms with van der Waals surface area (Å²) in [6.07, 6.45) is 0. The van der Waals surface area contributed by atoms with E-state index in [0.717, 1.165) is 9.35 Å². The van der Waals surface area contributed by atoms with Gasteiger partial charge in [-0.1, -0.05) is 57.9 Å². The van der Waals surface area contributed by atoms with Crippen LogP contribution in [0.4, 0.5) is 0 Å². The van der Waals surface area contributed by atoms with Crippen molar-refractivity contribution in [2.75, 3.05) is 11.5 Å². The normalized spacial score (nSPS) is 18.6. The van der Waals surface area contributed by atoms with Crippen molar-refractivity contribution in [3.8, 4) is 5.75 Å². The van der Waals surface area contributed by atoms with Gasteiger partial charge in [0, 0.05) is 16.5 Å². The van der Waals surface area contributed by atoms with Crippen molar-refractivity contribution in [1.29, 1.82) is 0 Å². The number of carboxylic acids is 1. The van der Waals surface area contributed by atoms with Gasteiger partial charge in [0.1, 0.15) is 34.5 Å². The van der Waals surface area contributed by atoms with Gasteiger partial charge in [-0.25, -0.2) is 4.79 Å². The van der Waals surface area contributed by atoms with E-state index in [-0.39, 0.29) is 33.9 Å². The number of carbonyl (C=O) groups is 3. The molecule has 3 aromatic rings. The standard InChI is InChI=1S/C23H17Cl3N4O6S3/c1-9-28-29-23(39-9)38-8-10-7-37-21-16(20(32)30(21)17(10)22(33)34)27-19(31)15-3-2-12(36-15)6-35-18-13(25)4-11(24)5-14(18)26/h2-5,16,21H,6-8H2,1H3,(H,27,31)(H,33,34)/t16-,21-/m1/s1. The number of benzene rings is 1. The Morgan fingerprint density at radius 2 is 2.00 bits per heavy atom. The molecule has 2 amide bonds. The average molecular weight is 648 g/mol. The number of aryl methyl sites for hydroxylation is 1. The number of nitrogens with zero attached hydrogens (tertiary/aromatic N) is 3. The lowest BCUT2D eigenvalue weighted by atomic mass is 10.0. The van der Waals surface area contributed by atoms with Crippen LogP contribution in [0.25, 0.3) is 0 Å². The first kappa shape index (κ1) is 28.1. The molecule has 1 fully saturated rings. The molecule has 1 saturated heterocycles. The van der Waals surface area contributed by atoms with Gasteiger partial charge in [0.05, 0.1) is 10.0 Å². The fraction of sp³-hybridized carbons (Fsp3) is 0.261. The van der Waals surface area contributed by atoms with Crippen LogP contribution in [0.5, 0.6) is 5.75 Å². The van der Waals surface area contributed by atoms with Crippen molar-refractivity contribution >= 4 is 87.4 Å². The number of aliphatic carboxylic acids is 1. The van der Waals surface area contributed by atoms with Crippen molar-refractivity contribution < 1.29 is 28.6 Å². The van der Waals surface area contributed by atoms with Crippen LogP contribution in [0.1, 0.15) is 21.3 Å². The van der Waals surface area contributed by atoms with Gasteiger partial charge < -0.3 is 19.6 Å². The van der Waals surface area contributed by atoms with Crippen molar-refractivity contribution in [3.05, 3.63) is 67.1 Å². The molecular weight excluding hydrogens is 631 g/mol. The molecule has 0 spiro atoms. The zero-order chi connectivity index (χ0) is 27.8. The number of ether oxygens (including phenoxy) is 1. The Kier molecular flexibility index (Phi) is 8.36. The molecule has 2 N–H and O–H groups in total. The topological polar surface area (TPSA) is 135 Å². The highest BCUT2D eigenvalue weighted by Crippen LogP contribution is 2.42. The van der Waals surface area contributed by atoms with Crippen molar-refractivity contribution in [2.45, 2.75) is 29.3 Å². The molecule has 16 heteroatoms. The molecule has 2 atom stereocenters. The van der Waals surface area contributed by atoms with E-state index < -0.39 is 29.2 Å². The minimum Gasteiger partial charge on any atom is -0.483 e. The van der Waals surface area contributed by atoms with Crippen LogP contribution in [0, 0.1) is 6.92 Å². The molecule has 10 nitrogen and oxygen atoms in total.